The van der Waals surface area contributed by atoms with Crippen LogP contribution in [0.25, 0.3) is 0 Å². The summed E-state index contributed by atoms with van der Waals surface area (Å²) in [5.41, 5.74) is 24.0. The molecule has 5 atom stereocenters. The minimum Gasteiger partial charge on any atom is -0.463 e. The number of nitrogens with two attached hydrogens (primary N) is 4. The third-order valence-electron chi connectivity index (χ3n) is 8.82. The van der Waals surface area contributed by atoms with Gasteiger partial charge in [0.05, 0.1) is 6.04 Å². The predicted octanol–water partition coefficient (Wildman–Crippen LogP) is -0.140. The second kappa shape index (κ2) is 20.5. The van der Waals surface area contributed by atoms with Gasteiger partial charge in [0.25, 0.3) is 0 Å². The van der Waals surface area contributed by atoms with Crippen LogP contribution < -0.4 is 38.9 Å². The summed E-state index contributed by atoms with van der Waals surface area (Å²) in [6.45, 7) is 4.53. The highest BCUT2D eigenvalue weighted by atomic mass is 16.5. The molecule has 11 N–H and O–H groups in total. The quantitative estimate of drug-likeness (QED) is 0.0710. The molecule has 0 aromatic heterocycles. The van der Waals surface area contributed by atoms with E-state index in [1.165, 1.54) is 4.90 Å². The zero-order valence-electron chi connectivity index (χ0n) is 29.9. The van der Waals surface area contributed by atoms with Gasteiger partial charge in [-0.15, -0.1) is 0 Å². The van der Waals surface area contributed by atoms with Gasteiger partial charge in [-0.3, -0.25) is 19.2 Å². The lowest BCUT2D eigenvalue weighted by atomic mass is 9.99. The van der Waals surface area contributed by atoms with Crippen LogP contribution in [0.5, 0.6) is 0 Å². The Hall–Kier alpha value is -4.37. The molecule has 14 heteroatoms. The standard InChI is InChI=1S/C37H56N8O6/c1-25(2)21-30(33(47)42-29(15-9-10-17-38)35(49)45-19-16-37(41,24-45)36(50)51-20-18-39)44-34(48)31(23-27-13-7-4-8-14-27)43-32(46)28(40)22-26-11-5-3-6-12-26/h3-8,11-14,25,28-31H,9-10,15-24,38-41H2,1-2H3,(H,42,47)(H,43,46)(H,44,48)/t28-,29-,30-,31-,37?/m1/s1. The van der Waals surface area contributed by atoms with Gasteiger partial charge >= 0.3 is 5.97 Å². The van der Waals surface area contributed by atoms with Crippen molar-refractivity contribution >= 4 is 29.6 Å². The van der Waals surface area contributed by atoms with E-state index < -0.39 is 59.3 Å². The maximum absolute atomic E-state index is 13.9. The number of nitrogens with one attached hydrogen (secondary N) is 3. The van der Waals surface area contributed by atoms with Gasteiger partial charge < -0.3 is 48.5 Å². The highest BCUT2D eigenvalue weighted by molar-refractivity contribution is 5.95. The number of likely N-dealkylation sites (tertiary alicyclic amines) is 1. The number of nitrogens with zero attached hydrogens (tertiary/aromatic N) is 1. The predicted molar refractivity (Wildman–Crippen MR) is 195 cm³/mol. The average Bonchev–Trinajstić information content (AvgIpc) is 3.52. The second-order valence-electron chi connectivity index (χ2n) is 13.7. The molecule has 0 aliphatic carbocycles. The minimum absolute atomic E-state index is 0.00938. The molecule has 0 bridgehead atoms. The van der Waals surface area contributed by atoms with Crippen molar-refractivity contribution in [3.05, 3.63) is 71.8 Å². The smallest absolute Gasteiger partial charge is 0.328 e. The lowest BCUT2D eigenvalue weighted by molar-refractivity contribution is -0.149. The summed E-state index contributed by atoms with van der Waals surface area (Å²) in [5.74, 6) is -2.65. The first-order valence-electron chi connectivity index (χ1n) is 17.8. The van der Waals surface area contributed by atoms with Crippen LogP contribution in [0.3, 0.4) is 0 Å². The molecule has 3 rings (SSSR count). The van der Waals surface area contributed by atoms with Crippen molar-refractivity contribution in [1.29, 1.82) is 0 Å². The zero-order chi connectivity index (χ0) is 37.4. The number of rotatable bonds is 20. The van der Waals surface area contributed by atoms with E-state index in [1.54, 1.807) is 0 Å². The van der Waals surface area contributed by atoms with Crippen LogP contribution in [0.1, 0.15) is 57.1 Å². The second-order valence-corrected chi connectivity index (χ2v) is 13.7. The average molecular weight is 709 g/mol. The molecule has 14 nitrogen and oxygen atoms in total. The van der Waals surface area contributed by atoms with Gasteiger partial charge in [-0.2, -0.15) is 0 Å². The molecule has 4 amide bonds. The van der Waals surface area contributed by atoms with E-state index in [9.17, 15) is 24.0 Å². The molecule has 280 valence electrons. The summed E-state index contributed by atoms with van der Waals surface area (Å²) >= 11 is 0. The first-order chi connectivity index (χ1) is 24.4. The van der Waals surface area contributed by atoms with E-state index in [0.29, 0.717) is 25.8 Å². The van der Waals surface area contributed by atoms with Crippen molar-refractivity contribution in [2.75, 3.05) is 32.8 Å². The van der Waals surface area contributed by atoms with Crippen molar-refractivity contribution in [2.24, 2.45) is 28.9 Å². The lowest BCUT2D eigenvalue weighted by Gasteiger charge is -2.29. The fourth-order valence-electron chi connectivity index (χ4n) is 6.00. The molecule has 1 unspecified atom stereocenters. The number of hydrogen-bond donors (Lipinski definition) is 7. The Bertz CT molecular complexity index is 1430. The van der Waals surface area contributed by atoms with E-state index in [0.717, 1.165) is 11.1 Å². The van der Waals surface area contributed by atoms with Crippen LogP contribution in [-0.2, 0) is 41.6 Å². The normalized spacial score (nSPS) is 18.0. The highest BCUT2D eigenvalue weighted by Crippen LogP contribution is 2.22. The first-order valence-corrected chi connectivity index (χ1v) is 17.8. The SMILES string of the molecule is CC(C)C[C@@H](NC(=O)[C@@H](Cc1ccccc1)NC(=O)[C@H](N)Cc1ccccc1)C(=O)N[C@H](CCCCN)C(=O)N1CCC(N)(C(=O)OCCN)C1. The van der Waals surface area contributed by atoms with E-state index in [2.05, 4.69) is 16.0 Å². The molecular weight excluding hydrogens is 652 g/mol. The summed E-state index contributed by atoms with van der Waals surface area (Å²) in [6.07, 6.45) is 2.39. The summed E-state index contributed by atoms with van der Waals surface area (Å²) in [6, 6.07) is 14.6. The largest absolute Gasteiger partial charge is 0.463 e. The number of amides is 4. The Kier molecular flexibility index (Phi) is 16.5. The van der Waals surface area contributed by atoms with E-state index in [1.807, 2.05) is 74.5 Å². The topological polar surface area (TPSA) is 238 Å². The molecule has 1 aliphatic heterocycles. The summed E-state index contributed by atoms with van der Waals surface area (Å²) in [7, 11) is 0. The third-order valence-corrected chi connectivity index (χ3v) is 8.82. The maximum atomic E-state index is 13.9. The van der Waals surface area contributed by atoms with E-state index >= 15 is 0 Å². The van der Waals surface area contributed by atoms with Gasteiger partial charge in [-0.05, 0) is 62.1 Å². The number of benzene rings is 2. The number of unbranched alkanes of at least 4 members (excludes halogenated alkanes) is 1. The summed E-state index contributed by atoms with van der Waals surface area (Å²) in [4.78, 5) is 68.9. The highest BCUT2D eigenvalue weighted by Gasteiger charge is 2.45. The van der Waals surface area contributed by atoms with E-state index in [4.69, 9.17) is 27.7 Å². The first kappa shape index (κ1) is 41.1. The molecule has 1 fully saturated rings. The molecule has 2 aromatic carbocycles. The molecule has 1 aliphatic rings. The van der Waals surface area contributed by atoms with Crippen LogP contribution in [0.2, 0.25) is 0 Å². The Morgan fingerprint density at radius 2 is 1.35 bits per heavy atom. The van der Waals surface area contributed by atoms with Crippen LogP contribution in [0.4, 0.5) is 0 Å². The van der Waals surface area contributed by atoms with E-state index in [-0.39, 0.29) is 57.8 Å². The van der Waals surface area contributed by atoms with Crippen molar-refractivity contribution < 1.29 is 28.7 Å². The maximum Gasteiger partial charge on any atom is 0.328 e. The number of esters is 1. The number of carbonyl (C=O) groups is 5. The third kappa shape index (κ3) is 13.0. The molecule has 1 saturated heterocycles. The number of hydrogen-bond acceptors (Lipinski definition) is 10. The van der Waals surface area contributed by atoms with Gasteiger partial charge in [0.15, 0.2) is 0 Å². The lowest BCUT2D eigenvalue weighted by Crippen LogP contribution is -2.59. The van der Waals surface area contributed by atoms with Gasteiger partial charge in [-0.1, -0.05) is 74.5 Å². The van der Waals surface area contributed by atoms with Crippen molar-refractivity contribution in [3.8, 4) is 0 Å². The Balaban J connectivity index is 1.77. The molecular formula is C37H56N8O6. The Morgan fingerprint density at radius 1 is 0.784 bits per heavy atom. The van der Waals surface area contributed by atoms with Gasteiger partial charge in [-0.25, -0.2) is 4.79 Å². The van der Waals surface area contributed by atoms with Crippen molar-refractivity contribution in [2.45, 2.75) is 88.5 Å². The number of ether oxygens (including phenoxy) is 1. The van der Waals surface area contributed by atoms with Gasteiger partial charge in [0.1, 0.15) is 30.3 Å². The fourth-order valence-corrected chi connectivity index (χ4v) is 6.00. The minimum atomic E-state index is -1.38. The van der Waals surface area contributed by atoms with Crippen LogP contribution >= 0.6 is 0 Å². The van der Waals surface area contributed by atoms with Crippen molar-refractivity contribution in [1.82, 2.24) is 20.9 Å². The molecule has 51 heavy (non-hydrogen) atoms. The Morgan fingerprint density at radius 3 is 1.94 bits per heavy atom. The fraction of sp³-hybridized carbons (Fsp3) is 0.541. The number of carbonyl (C=O) groups excluding carboxylic acids is 5. The molecule has 1 heterocycles. The molecule has 0 radical (unpaired) electrons. The Labute approximate surface area is 300 Å². The van der Waals surface area contributed by atoms with Crippen LogP contribution in [0.15, 0.2) is 60.7 Å². The van der Waals surface area contributed by atoms with Crippen molar-refractivity contribution in [3.63, 3.8) is 0 Å². The monoisotopic (exact) mass is 708 g/mol. The molecule has 2 aromatic rings. The van der Waals surface area contributed by atoms with Gasteiger partial charge in [0, 0.05) is 26.1 Å². The summed E-state index contributed by atoms with van der Waals surface area (Å²) in [5, 5.41) is 8.52. The van der Waals surface area contributed by atoms with Crippen LogP contribution in [0, 0.1) is 5.92 Å². The molecule has 0 saturated carbocycles. The van der Waals surface area contributed by atoms with Crippen LogP contribution in [-0.4, -0.2) is 97.0 Å². The summed E-state index contributed by atoms with van der Waals surface area (Å²) < 4.78 is 5.15. The zero-order valence-corrected chi connectivity index (χ0v) is 29.9. The molecule has 0 spiro atoms. The van der Waals surface area contributed by atoms with Gasteiger partial charge in [0.2, 0.25) is 23.6 Å².